The van der Waals surface area contributed by atoms with Gasteiger partial charge in [0.1, 0.15) is 5.82 Å². The number of carbonyl (C=O) groups excluding carboxylic acids is 2. The van der Waals surface area contributed by atoms with Gasteiger partial charge in [-0.2, -0.15) is 13.1 Å². The molecular weight excluding hydrogens is 475 g/mol. The Hall–Kier alpha value is -3.18. The number of nitrogens with one attached hydrogen (secondary N) is 2. The fraction of sp³-hybridized carbons (Fsp3) is 0.417. The van der Waals surface area contributed by atoms with Gasteiger partial charge < -0.3 is 15.5 Å². The van der Waals surface area contributed by atoms with Crippen LogP contribution < -0.4 is 14.9 Å². The van der Waals surface area contributed by atoms with Crippen LogP contribution in [0.5, 0.6) is 0 Å². The van der Waals surface area contributed by atoms with Crippen molar-refractivity contribution in [3.8, 4) is 0 Å². The first-order chi connectivity index (χ1) is 16.5. The molecule has 9 nitrogen and oxygen atoms in total. The molecule has 0 spiro atoms. The summed E-state index contributed by atoms with van der Waals surface area (Å²) in [5.41, 5.74) is 2.39. The summed E-state index contributed by atoms with van der Waals surface area (Å²) in [7, 11) is -3.97. The number of nitrogens with zero attached hydrogens (tertiary/aromatic N) is 2. The second-order valence-electron chi connectivity index (χ2n) is 8.80. The quantitative estimate of drug-likeness (QED) is 0.534. The summed E-state index contributed by atoms with van der Waals surface area (Å²) in [6, 6.07) is 3.72. The zero-order chi connectivity index (χ0) is 25.5. The van der Waals surface area contributed by atoms with Gasteiger partial charge in [-0.25, -0.2) is 4.39 Å². The Morgan fingerprint density at radius 2 is 1.94 bits per heavy atom. The van der Waals surface area contributed by atoms with E-state index in [1.54, 1.807) is 6.92 Å². The number of halogens is 1. The molecule has 0 saturated carbocycles. The van der Waals surface area contributed by atoms with E-state index in [9.17, 15) is 22.4 Å². The molecule has 2 aliphatic rings. The largest absolute Gasteiger partial charge is 0.349 e. The van der Waals surface area contributed by atoms with E-state index < -0.39 is 21.8 Å². The molecule has 1 unspecified atom stereocenters. The first kappa shape index (κ1) is 24.9. The summed E-state index contributed by atoms with van der Waals surface area (Å²) < 4.78 is 44.7. The molecule has 1 aromatic carbocycles. The van der Waals surface area contributed by atoms with Gasteiger partial charge in [-0.15, -0.1) is 0 Å². The molecule has 0 fully saturated rings. The van der Waals surface area contributed by atoms with Crippen LogP contribution in [-0.4, -0.2) is 61.8 Å². The normalized spacial score (nSPS) is 18.5. The van der Waals surface area contributed by atoms with Crippen molar-refractivity contribution in [1.29, 1.82) is 0 Å². The third kappa shape index (κ3) is 4.96. The Morgan fingerprint density at radius 3 is 2.60 bits per heavy atom. The maximum absolute atomic E-state index is 13.9. The zero-order valence-corrected chi connectivity index (χ0v) is 21.0. The van der Waals surface area contributed by atoms with Crippen molar-refractivity contribution < 1.29 is 26.7 Å². The molecule has 2 aliphatic heterocycles. The molecular formula is C24H29FN4O5S. The predicted octanol–water partition coefficient (Wildman–Crippen LogP) is 2.20. The number of hydrogen-bond acceptors (Lipinski definition) is 6. The highest BCUT2D eigenvalue weighted by molar-refractivity contribution is 7.86. The molecule has 0 radical (unpaired) electrons. The van der Waals surface area contributed by atoms with E-state index >= 15 is 0 Å². The van der Waals surface area contributed by atoms with Crippen LogP contribution >= 0.6 is 0 Å². The molecule has 11 heteroatoms. The number of rotatable bonds is 8. The number of benzene rings is 1. The number of aromatic nitrogens is 1. The van der Waals surface area contributed by atoms with Crippen molar-refractivity contribution in [3.63, 3.8) is 0 Å². The fourth-order valence-electron chi connectivity index (χ4n) is 4.65. The Labute approximate surface area is 204 Å². The van der Waals surface area contributed by atoms with Gasteiger partial charge in [-0.05, 0) is 56.3 Å². The maximum Gasteiger partial charge on any atom is 0.324 e. The molecule has 0 bridgehead atoms. The molecule has 35 heavy (non-hydrogen) atoms. The van der Waals surface area contributed by atoms with Crippen LogP contribution in [0.15, 0.2) is 18.2 Å². The Morgan fingerprint density at radius 1 is 1.23 bits per heavy atom. The summed E-state index contributed by atoms with van der Waals surface area (Å²) in [5.74, 6) is -1.30. The van der Waals surface area contributed by atoms with E-state index in [0.717, 1.165) is 30.6 Å². The summed E-state index contributed by atoms with van der Waals surface area (Å²) in [6.07, 6.45) is 3.40. The van der Waals surface area contributed by atoms with Crippen molar-refractivity contribution in [1.82, 2.24) is 14.9 Å². The monoisotopic (exact) mass is 504 g/mol. The van der Waals surface area contributed by atoms with Crippen LogP contribution in [0.1, 0.15) is 53.1 Å². The summed E-state index contributed by atoms with van der Waals surface area (Å²) in [6.45, 7) is 8.35. The average molecular weight is 505 g/mol. The highest BCUT2D eigenvalue weighted by Crippen LogP contribution is 2.36. The third-order valence-electron chi connectivity index (χ3n) is 6.46. The van der Waals surface area contributed by atoms with Gasteiger partial charge in [0, 0.05) is 30.3 Å². The number of amides is 2. The molecule has 4 rings (SSSR count). The van der Waals surface area contributed by atoms with Gasteiger partial charge in [0.25, 0.3) is 11.8 Å². The molecule has 3 heterocycles. The first-order valence-corrected chi connectivity index (χ1v) is 13.3. The van der Waals surface area contributed by atoms with Gasteiger partial charge >= 0.3 is 10.1 Å². The smallest absolute Gasteiger partial charge is 0.324 e. The van der Waals surface area contributed by atoms with Gasteiger partial charge in [-0.3, -0.25) is 13.9 Å². The summed E-state index contributed by atoms with van der Waals surface area (Å²) >= 11 is 0. The van der Waals surface area contributed by atoms with Crippen LogP contribution in [-0.2, 0) is 21.3 Å². The van der Waals surface area contributed by atoms with E-state index in [4.69, 9.17) is 4.28 Å². The van der Waals surface area contributed by atoms with Gasteiger partial charge in [0.05, 0.1) is 28.8 Å². The Balaban J connectivity index is 1.80. The van der Waals surface area contributed by atoms with Crippen LogP contribution in [0, 0.1) is 12.7 Å². The van der Waals surface area contributed by atoms with E-state index in [2.05, 4.69) is 29.4 Å². The molecule has 2 N–H and O–H groups in total. The Kier molecular flexibility index (Phi) is 6.74. The lowest BCUT2D eigenvalue weighted by atomic mass is 9.97. The molecule has 1 aromatic heterocycles. The number of anilines is 1. The topological polar surface area (TPSA) is 110 Å². The molecule has 0 saturated heterocycles. The van der Waals surface area contributed by atoms with Crippen molar-refractivity contribution in [3.05, 3.63) is 52.1 Å². The molecule has 2 amide bonds. The van der Waals surface area contributed by atoms with Crippen LogP contribution in [0.25, 0.3) is 11.6 Å². The first-order valence-electron chi connectivity index (χ1n) is 11.5. The lowest BCUT2D eigenvalue weighted by Gasteiger charge is -2.27. The zero-order valence-electron chi connectivity index (χ0n) is 20.1. The van der Waals surface area contributed by atoms with Gasteiger partial charge in [0.15, 0.2) is 0 Å². The standard InChI is InChI=1S/C24H29FN4O5S/c1-5-28(6-2)10-9-16-12-21-22(24(31)26-16)14(3)20(29(21)34-35(4,32)33)13-18-17-11-15(25)7-8-19(17)27-23(18)30/h7-8,11,13,16H,5-6,9-10,12H2,1-4H3,(H,26,31)(H,27,30). The Bertz CT molecular complexity index is 1330. The number of carbonyl (C=O) groups is 2. The summed E-state index contributed by atoms with van der Waals surface area (Å²) in [5, 5.41) is 5.68. The van der Waals surface area contributed by atoms with Crippen molar-refractivity contribution in [2.45, 2.75) is 39.7 Å². The lowest BCUT2D eigenvalue weighted by Crippen LogP contribution is -2.44. The highest BCUT2D eigenvalue weighted by Gasteiger charge is 2.35. The molecule has 1 atom stereocenters. The van der Waals surface area contributed by atoms with E-state index in [0.29, 0.717) is 40.9 Å². The van der Waals surface area contributed by atoms with Crippen molar-refractivity contribution in [2.24, 2.45) is 0 Å². The average Bonchev–Trinajstić information content (AvgIpc) is 3.22. The minimum atomic E-state index is -3.97. The third-order valence-corrected chi connectivity index (χ3v) is 6.88. The van der Waals surface area contributed by atoms with Crippen LogP contribution in [0.2, 0.25) is 0 Å². The van der Waals surface area contributed by atoms with Gasteiger partial charge in [0.2, 0.25) is 0 Å². The van der Waals surface area contributed by atoms with Gasteiger partial charge in [-0.1, -0.05) is 13.8 Å². The summed E-state index contributed by atoms with van der Waals surface area (Å²) in [4.78, 5) is 28.0. The number of fused-ring (bicyclic) bond motifs is 2. The highest BCUT2D eigenvalue weighted by atomic mass is 32.2. The maximum atomic E-state index is 13.9. The molecule has 188 valence electrons. The minimum Gasteiger partial charge on any atom is -0.349 e. The molecule has 2 aromatic rings. The SMILES string of the molecule is CCN(CC)CCC1Cc2c(c(C)c(C=C3C(=O)Nc4ccc(F)cc43)n2OS(C)(=O)=O)C(=O)N1. The van der Waals surface area contributed by atoms with Crippen LogP contribution in [0.4, 0.5) is 10.1 Å². The molecule has 0 aliphatic carbocycles. The van der Waals surface area contributed by atoms with Crippen molar-refractivity contribution >= 4 is 39.3 Å². The predicted molar refractivity (Wildman–Crippen MR) is 131 cm³/mol. The second kappa shape index (κ2) is 9.46. The fourth-order valence-corrected chi connectivity index (χ4v) is 5.09. The second-order valence-corrected chi connectivity index (χ2v) is 10.4. The van der Waals surface area contributed by atoms with E-state index in [-0.39, 0.29) is 23.2 Å². The number of hydrogen-bond donors (Lipinski definition) is 2. The van der Waals surface area contributed by atoms with Crippen LogP contribution in [0.3, 0.4) is 0 Å². The van der Waals surface area contributed by atoms with E-state index in [1.165, 1.54) is 24.3 Å². The lowest BCUT2D eigenvalue weighted by molar-refractivity contribution is -0.110. The minimum absolute atomic E-state index is 0.147. The van der Waals surface area contributed by atoms with E-state index in [1.807, 2.05) is 0 Å². The van der Waals surface area contributed by atoms with Crippen molar-refractivity contribution in [2.75, 3.05) is 31.2 Å².